The molecule has 0 spiro atoms. The van der Waals surface area contributed by atoms with Crippen LogP contribution in [0.1, 0.15) is 0 Å². The van der Waals surface area contributed by atoms with E-state index in [-0.39, 0.29) is 11.1 Å². The lowest BCUT2D eigenvalue weighted by atomic mass is 9.98. The number of para-hydroxylation sites is 1. The van der Waals surface area contributed by atoms with Crippen LogP contribution in [0.3, 0.4) is 0 Å². The molecule has 0 saturated carbocycles. The number of fused-ring (bicyclic) bond motifs is 10. The van der Waals surface area contributed by atoms with E-state index in [0.717, 1.165) is 38.1 Å². The molecule has 0 aliphatic heterocycles. The van der Waals surface area contributed by atoms with Crippen LogP contribution in [0.15, 0.2) is 58.3 Å². The average Bonchev–Trinajstić information content (AvgIpc) is 3.30. The molecule has 6 aromatic rings. The van der Waals surface area contributed by atoms with Gasteiger partial charge in [-0.2, -0.15) is 0 Å². The molecule has 0 aliphatic carbocycles. The van der Waals surface area contributed by atoms with Gasteiger partial charge in [0.05, 0.1) is 27.3 Å². The van der Waals surface area contributed by atoms with Crippen molar-refractivity contribution in [2.45, 2.75) is 0 Å². The summed E-state index contributed by atoms with van der Waals surface area (Å²) < 4.78 is 0. The number of aromatic amines is 1. The van der Waals surface area contributed by atoms with Gasteiger partial charge in [0.15, 0.2) is 0 Å². The van der Waals surface area contributed by atoms with Crippen LogP contribution in [-0.4, -0.2) is 15.0 Å². The zero-order valence-corrected chi connectivity index (χ0v) is 12.8. The Morgan fingerprint density at radius 3 is 2.32 bits per heavy atom. The molecule has 0 atom stereocenters. The first-order valence-corrected chi connectivity index (χ1v) is 7.95. The normalized spacial score (nSPS) is 12.3. The molecule has 0 aliphatic rings. The zero-order valence-electron chi connectivity index (χ0n) is 12.8. The van der Waals surface area contributed by atoms with Gasteiger partial charge in [-0.15, -0.1) is 0 Å². The van der Waals surface area contributed by atoms with E-state index >= 15 is 0 Å². The van der Waals surface area contributed by atoms with Gasteiger partial charge >= 0.3 is 0 Å². The number of hydrogen-bond acceptors (Lipinski definition) is 4. The summed E-state index contributed by atoms with van der Waals surface area (Å²) in [6.07, 6.45) is 1.71. The first-order valence-electron chi connectivity index (χ1n) is 7.95. The van der Waals surface area contributed by atoms with Crippen molar-refractivity contribution in [3.63, 3.8) is 0 Å². The third-order valence-corrected chi connectivity index (χ3v) is 5.00. The molecule has 3 aromatic heterocycles. The van der Waals surface area contributed by atoms with Crippen LogP contribution >= 0.6 is 0 Å². The van der Waals surface area contributed by atoms with Gasteiger partial charge in [0, 0.05) is 33.1 Å². The number of hydrogen-bond donors (Lipinski definition) is 1. The maximum absolute atomic E-state index is 12.6. The molecule has 0 saturated heterocycles. The highest BCUT2D eigenvalue weighted by atomic mass is 16.2. The first kappa shape index (κ1) is 12.8. The van der Waals surface area contributed by atoms with Crippen LogP contribution in [0.2, 0.25) is 0 Å². The van der Waals surface area contributed by atoms with E-state index in [1.165, 1.54) is 0 Å². The van der Waals surface area contributed by atoms with Gasteiger partial charge < -0.3 is 0 Å². The molecule has 5 heteroatoms. The molecule has 0 radical (unpaired) electrons. The van der Waals surface area contributed by atoms with E-state index in [2.05, 4.69) is 9.97 Å². The van der Waals surface area contributed by atoms with Gasteiger partial charge in [-0.1, -0.05) is 30.3 Å². The number of nitrogens with zero attached hydrogens (tertiary/aromatic N) is 2. The summed E-state index contributed by atoms with van der Waals surface area (Å²) in [6.45, 7) is 0. The summed E-state index contributed by atoms with van der Waals surface area (Å²) >= 11 is 0. The lowest BCUT2D eigenvalue weighted by Crippen LogP contribution is -2.05. The second kappa shape index (κ2) is 4.08. The quantitative estimate of drug-likeness (QED) is 0.466. The Bertz CT molecular complexity index is 1580. The summed E-state index contributed by atoms with van der Waals surface area (Å²) in [4.78, 5) is 36.8. The van der Waals surface area contributed by atoms with Crippen LogP contribution < -0.4 is 11.1 Å². The van der Waals surface area contributed by atoms with Crippen LogP contribution in [0.4, 0.5) is 0 Å². The Morgan fingerprint density at radius 1 is 0.720 bits per heavy atom. The first-order chi connectivity index (χ1) is 12.2. The van der Waals surface area contributed by atoms with E-state index in [0.29, 0.717) is 16.2 Å². The second-order valence-corrected chi connectivity index (χ2v) is 6.26. The van der Waals surface area contributed by atoms with Gasteiger partial charge in [0.2, 0.25) is 0 Å². The summed E-state index contributed by atoms with van der Waals surface area (Å²) in [7, 11) is 0. The van der Waals surface area contributed by atoms with Crippen molar-refractivity contribution in [3.8, 4) is 0 Å². The molecule has 6 rings (SSSR count). The van der Waals surface area contributed by atoms with Gasteiger partial charge in [-0.05, 0) is 12.1 Å². The molecule has 0 bridgehead atoms. The van der Waals surface area contributed by atoms with E-state index in [9.17, 15) is 9.59 Å². The summed E-state index contributed by atoms with van der Waals surface area (Å²) in [5.74, 6) is 0. The third kappa shape index (κ3) is 1.39. The fourth-order valence-electron chi connectivity index (χ4n) is 3.99. The van der Waals surface area contributed by atoms with Crippen molar-refractivity contribution in [1.82, 2.24) is 15.0 Å². The minimum Gasteiger partial charge on any atom is -0.288 e. The Morgan fingerprint density at radius 2 is 1.48 bits per heavy atom. The molecule has 0 unspecified atom stereocenters. The molecule has 3 heterocycles. The fraction of sp³-hybridized carbons (Fsp3) is 0. The summed E-state index contributed by atoms with van der Waals surface area (Å²) in [5, 5.41) is 4.95. The van der Waals surface area contributed by atoms with E-state index in [1.54, 1.807) is 6.20 Å². The predicted octanol–water partition coefficient (Wildman–Crippen LogP) is 3.17. The highest BCUT2D eigenvalue weighted by molar-refractivity contribution is 6.34. The Kier molecular flexibility index (Phi) is 2.08. The second-order valence-electron chi connectivity index (χ2n) is 6.26. The molecule has 3 aromatic carbocycles. The summed E-state index contributed by atoms with van der Waals surface area (Å²) in [5.41, 5.74) is 1.55. The van der Waals surface area contributed by atoms with Gasteiger partial charge in [0.25, 0.3) is 11.1 Å². The van der Waals surface area contributed by atoms with Crippen molar-refractivity contribution < 1.29 is 0 Å². The van der Waals surface area contributed by atoms with E-state index < -0.39 is 0 Å². The molecular weight excluding hydrogens is 314 g/mol. The van der Waals surface area contributed by atoms with Gasteiger partial charge in [-0.3, -0.25) is 19.6 Å². The van der Waals surface area contributed by atoms with Crippen molar-refractivity contribution in [3.05, 3.63) is 69.4 Å². The van der Waals surface area contributed by atoms with E-state index in [4.69, 9.17) is 4.98 Å². The third-order valence-electron chi connectivity index (χ3n) is 5.00. The number of rotatable bonds is 0. The largest absolute Gasteiger partial charge is 0.288 e. The predicted molar refractivity (Wildman–Crippen MR) is 98.8 cm³/mol. The molecule has 0 amide bonds. The van der Waals surface area contributed by atoms with Crippen molar-refractivity contribution in [2.24, 2.45) is 0 Å². The number of benzene rings is 3. The molecule has 5 nitrogen and oxygen atoms in total. The number of aromatic nitrogens is 3. The Balaban J connectivity index is 2.15. The minimum absolute atomic E-state index is 0.367. The molecular formula is C20H9N3O2. The monoisotopic (exact) mass is 323 g/mol. The van der Waals surface area contributed by atoms with Crippen molar-refractivity contribution >= 4 is 54.3 Å². The summed E-state index contributed by atoms with van der Waals surface area (Å²) in [6, 6.07) is 13.5. The molecule has 0 fully saturated rings. The van der Waals surface area contributed by atoms with E-state index in [1.807, 2.05) is 42.5 Å². The van der Waals surface area contributed by atoms with Crippen LogP contribution in [0, 0.1) is 0 Å². The standard InChI is InChI=1S/C20H9N3O2/c24-19-15-13-10-3-1-2-4-12(10)22-18(13)11-6-5-9-7-8-21-17(9)14(11)16(15)20(25)23-19/h1-8H,(H,23,24,25). The van der Waals surface area contributed by atoms with Crippen LogP contribution in [-0.2, 0) is 0 Å². The lowest BCUT2D eigenvalue weighted by molar-refractivity contribution is 1.26. The maximum atomic E-state index is 12.6. The van der Waals surface area contributed by atoms with Crippen LogP contribution in [0.5, 0.6) is 0 Å². The number of nitrogens with one attached hydrogen (secondary N) is 1. The number of H-pyrrole nitrogens is 1. The minimum atomic E-state index is -0.368. The topological polar surface area (TPSA) is 75.7 Å². The average molecular weight is 323 g/mol. The Labute approximate surface area is 139 Å². The van der Waals surface area contributed by atoms with Gasteiger partial charge in [-0.25, -0.2) is 4.98 Å². The maximum Gasteiger partial charge on any atom is 0.259 e. The highest BCUT2D eigenvalue weighted by Gasteiger charge is 2.21. The van der Waals surface area contributed by atoms with Crippen LogP contribution in [0.25, 0.3) is 54.3 Å². The lowest BCUT2D eigenvalue weighted by Gasteiger charge is -2.03. The molecule has 1 N–H and O–H groups in total. The smallest absolute Gasteiger partial charge is 0.259 e. The zero-order chi connectivity index (χ0) is 16.7. The van der Waals surface area contributed by atoms with Crippen molar-refractivity contribution in [2.75, 3.05) is 0 Å². The fourth-order valence-corrected chi connectivity index (χ4v) is 3.99. The van der Waals surface area contributed by atoms with Gasteiger partial charge in [0.1, 0.15) is 0 Å². The SMILES string of the molecule is O=c1[nH]c(=O)c2c1c1c(ccc3ccnc31)c1nc3ccccc3c12. The molecule has 25 heavy (non-hydrogen) atoms. The highest BCUT2D eigenvalue weighted by Crippen LogP contribution is 2.38. The Hall–Kier alpha value is -3.60. The molecule has 116 valence electrons. The van der Waals surface area contributed by atoms with Crippen molar-refractivity contribution in [1.29, 1.82) is 0 Å².